The van der Waals surface area contributed by atoms with Crippen LogP contribution < -0.4 is 0 Å². The van der Waals surface area contributed by atoms with E-state index in [2.05, 4.69) is 0 Å². The minimum absolute atomic E-state index is 0. The van der Waals surface area contributed by atoms with Crippen molar-refractivity contribution in [2.24, 2.45) is 0 Å². The lowest BCUT2D eigenvalue weighted by Crippen LogP contribution is -1.76. The molecule has 0 saturated carbocycles. The monoisotopic (exact) mass is 87.0 g/mol. The SMILES string of the molecule is F[SiH](F)F.[H+]. The molecule has 0 N–H and O–H groups in total. The minimum Gasteiger partial charge on any atom is -0.240 e. The molecular weight excluding hydrogens is 85.1 g/mol. The van der Waals surface area contributed by atoms with Crippen molar-refractivity contribution >= 4 is 9.80 Å². The van der Waals surface area contributed by atoms with Crippen molar-refractivity contribution in [3.05, 3.63) is 0 Å². The van der Waals surface area contributed by atoms with E-state index in [-0.39, 0.29) is 1.43 Å². The van der Waals surface area contributed by atoms with E-state index < -0.39 is 9.80 Å². The first kappa shape index (κ1) is 4.01. The lowest BCUT2D eigenvalue weighted by Gasteiger charge is -1.60. The van der Waals surface area contributed by atoms with Crippen LogP contribution in [0.4, 0.5) is 12.3 Å². The van der Waals surface area contributed by atoms with Gasteiger partial charge in [0, 0.05) is 0 Å². The molecule has 0 amide bonds. The van der Waals surface area contributed by atoms with Crippen molar-refractivity contribution < 1.29 is 13.8 Å². The third-order valence-corrected chi connectivity index (χ3v) is 0. The zero-order valence-electron chi connectivity index (χ0n) is 2.71. The van der Waals surface area contributed by atoms with Gasteiger partial charge < -0.3 is 0 Å². The van der Waals surface area contributed by atoms with Gasteiger partial charge in [-0.2, -0.15) is 0 Å². The Morgan fingerprint density at radius 1 is 1.25 bits per heavy atom. The summed E-state index contributed by atoms with van der Waals surface area (Å²) in [6.45, 7) is 0. The number of hydrogen-bond acceptors (Lipinski definition) is 0. The third-order valence-electron chi connectivity index (χ3n) is 0. The smallest absolute Gasteiger partial charge is 0.240 e. The number of rotatable bonds is 0. The fourth-order valence-corrected chi connectivity index (χ4v) is 0. The van der Waals surface area contributed by atoms with Gasteiger partial charge in [0.2, 0.25) is 0 Å². The molecule has 0 aliphatic carbocycles. The Labute approximate surface area is 24.9 Å². The molecule has 0 fully saturated rings. The van der Waals surface area contributed by atoms with E-state index in [4.69, 9.17) is 0 Å². The van der Waals surface area contributed by atoms with Crippen molar-refractivity contribution in [1.29, 1.82) is 0 Å². The summed E-state index contributed by atoms with van der Waals surface area (Å²) in [6.07, 6.45) is 0. The predicted molar refractivity (Wildman–Crippen MR) is 11.6 cm³/mol. The molecule has 26 valence electrons. The molecular formula is H2F3Si+. The predicted octanol–water partition coefficient (Wildman–Crippen LogP) is 0.725. The summed E-state index contributed by atoms with van der Waals surface area (Å²) >= 11 is 0. The van der Waals surface area contributed by atoms with Gasteiger partial charge in [-0.3, -0.25) is 0 Å². The van der Waals surface area contributed by atoms with E-state index in [9.17, 15) is 12.3 Å². The maximum atomic E-state index is 9.81. The number of halogens is 3. The molecule has 0 heterocycles. The van der Waals surface area contributed by atoms with Gasteiger partial charge in [0.15, 0.2) is 0 Å². The van der Waals surface area contributed by atoms with Crippen molar-refractivity contribution in [3.8, 4) is 0 Å². The molecule has 0 aromatic rings. The molecule has 0 aromatic heterocycles. The highest BCUT2D eigenvalue weighted by Gasteiger charge is 1.96. The standard InChI is InChI=1S/F3HSi/c1-4(2)3/h4H/p+1. The van der Waals surface area contributed by atoms with E-state index in [1.54, 1.807) is 0 Å². The highest BCUT2D eigenvalue weighted by molar-refractivity contribution is 6.33. The van der Waals surface area contributed by atoms with Crippen molar-refractivity contribution in [2.75, 3.05) is 0 Å². The van der Waals surface area contributed by atoms with Crippen LogP contribution in [0.15, 0.2) is 0 Å². The van der Waals surface area contributed by atoms with E-state index in [0.29, 0.717) is 0 Å². The Hall–Kier alpha value is 0.00688. The van der Waals surface area contributed by atoms with Crippen LogP contribution in [0.2, 0.25) is 0 Å². The van der Waals surface area contributed by atoms with Crippen LogP contribution >= 0.6 is 0 Å². The maximum absolute atomic E-state index is 9.81. The van der Waals surface area contributed by atoms with Gasteiger partial charge in [-0.15, -0.1) is 0 Å². The molecule has 0 aromatic carbocycles. The summed E-state index contributed by atoms with van der Waals surface area (Å²) < 4.78 is 29.4. The first-order valence-electron chi connectivity index (χ1n) is 0.655. The van der Waals surface area contributed by atoms with Crippen LogP contribution in [0.25, 0.3) is 0 Å². The number of hydrogen-bond donors (Lipinski definition) is 0. The normalized spacial score (nSPS) is 9.00. The van der Waals surface area contributed by atoms with Crippen LogP contribution in [-0.2, 0) is 0 Å². The molecule has 0 bridgehead atoms. The highest BCUT2D eigenvalue weighted by Crippen LogP contribution is 1.80. The summed E-state index contributed by atoms with van der Waals surface area (Å²) in [4.78, 5) is 0. The molecule has 0 nitrogen and oxygen atoms in total. The fourth-order valence-electron chi connectivity index (χ4n) is 0. The van der Waals surface area contributed by atoms with Gasteiger partial charge in [-0.25, -0.2) is 12.3 Å². The Bertz CT molecular complexity index is 11.6. The molecule has 0 spiro atoms. The summed E-state index contributed by atoms with van der Waals surface area (Å²) in [6, 6.07) is 0. The molecule has 0 rings (SSSR count). The Balaban J connectivity index is 0. The molecule has 0 aliphatic rings. The van der Waals surface area contributed by atoms with Gasteiger partial charge in [0.1, 0.15) is 0 Å². The second-order valence-corrected chi connectivity index (χ2v) is 0.742. The first-order valence-corrected chi connectivity index (χ1v) is 1.96. The average Bonchev–Trinajstić information content (AvgIpc) is 0.811. The third kappa shape index (κ3) is 42900. The molecule has 4 heavy (non-hydrogen) atoms. The van der Waals surface area contributed by atoms with Gasteiger partial charge in [0.25, 0.3) is 0 Å². The Kier molecular flexibility index (Phi) is 1.34. The fraction of sp³-hybridized carbons (Fsp3) is 0. The second kappa shape index (κ2) is 1.34. The molecule has 0 atom stereocenters. The zero-order chi connectivity index (χ0) is 3.58. The largest absolute Gasteiger partial charge is 1.00 e. The van der Waals surface area contributed by atoms with Gasteiger partial charge >= 0.3 is 11.2 Å². The van der Waals surface area contributed by atoms with Gasteiger partial charge in [0.05, 0.1) is 0 Å². The summed E-state index contributed by atoms with van der Waals surface area (Å²) in [5, 5.41) is 0. The average molecular weight is 87.1 g/mol. The lowest BCUT2D eigenvalue weighted by atomic mass is 18.7. The van der Waals surface area contributed by atoms with Crippen molar-refractivity contribution in [3.63, 3.8) is 0 Å². The van der Waals surface area contributed by atoms with Crippen LogP contribution in [0.1, 0.15) is 1.43 Å². The van der Waals surface area contributed by atoms with Crippen LogP contribution in [0, 0.1) is 0 Å². The Morgan fingerprint density at radius 3 is 1.25 bits per heavy atom. The molecule has 4 heteroatoms. The van der Waals surface area contributed by atoms with Crippen molar-refractivity contribution in [1.82, 2.24) is 0 Å². The zero-order valence-corrected chi connectivity index (χ0v) is 2.87. The van der Waals surface area contributed by atoms with Gasteiger partial charge in [-0.1, -0.05) is 0 Å². The Morgan fingerprint density at radius 2 is 1.25 bits per heavy atom. The highest BCUT2D eigenvalue weighted by atomic mass is 28.4. The topological polar surface area (TPSA) is 0 Å². The molecule has 0 aliphatic heterocycles. The lowest BCUT2D eigenvalue weighted by molar-refractivity contribution is 0.535. The van der Waals surface area contributed by atoms with Crippen LogP contribution in [0.5, 0.6) is 0 Å². The maximum Gasteiger partial charge on any atom is 1.00 e. The second-order valence-electron chi connectivity index (χ2n) is 0.247. The van der Waals surface area contributed by atoms with Gasteiger partial charge in [-0.05, 0) is 0 Å². The van der Waals surface area contributed by atoms with E-state index in [0.717, 1.165) is 0 Å². The van der Waals surface area contributed by atoms with E-state index in [1.807, 2.05) is 0 Å². The van der Waals surface area contributed by atoms with Crippen LogP contribution in [-0.4, -0.2) is 9.80 Å². The summed E-state index contributed by atoms with van der Waals surface area (Å²) in [5.74, 6) is 0. The molecule has 0 radical (unpaired) electrons. The molecule has 0 saturated heterocycles. The summed E-state index contributed by atoms with van der Waals surface area (Å²) in [7, 11) is -4.64. The molecule has 0 unspecified atom stereocenters. The first-order chi connectivity index (χ1) is 1.73. The summed E-state index contributed by atoms with van der Waals surface area (Å²) in [5.41, 5.74) is 0. The van der Waals surface area contributed by atoms with Crippen molar-refractivity contribution in [2.45, 2.75) is 0 Å². The van der Waals surface area contributed by atoms with Crippen LogP contribution in [0.3, 0.4) is 0 Å². The quantitative estimate of drug-likeness (QED) is 0.302. The minimum atomic E-state index is -4.64. The van der Waals surface area contributed by atoms with E-state index in [1.165, 1.54) is 0 Å². The van der Waals surface area contributed by atoms with E-state index >= 15 is 0 Å².